The lowest BCUT2D eigenvalue weighted by Crippen LogP contribution is -1.85. The number of rotatable bonds is 4. The normalized spacial score (nSPS) is 11.8. The zero-order chi connectivity index (χ0) is 27.2. The molecule has 0 atom stereocenters. The van der Waals surface area contributed by atoms with Gasteiger partial charge in [0.15, 0.2) is 0 Å². The van der Waals surface area contributed by atoms with Crippen LogP contribution >= 0.6 is 0 Å². The first-order valence-corrected chi connectivity index (χ1v) is 13.8. The number of aromatic nitrogens is 2. The van der Waals surface area contributed by atoms with E-state index in [4.69, 9.17) is 4.42 Å². The molecule has 192 valence electrons. The Bertz CT molecular complexity index is 2150. The molecule has 0 N–H and O–H groups in total. The molecule has 0 amide bonds. The lowest BCUT2D eigenvalue weighted by atomic mass is 9.96. The summed E-state index contributed by atoms with van der Waals surface area (Å²) < 4.78 is 6.30. The molecule has 0 aliphatic rings. The molecule has 7 aromatic carbocycles. The van der Waals surface area contributed by atoms with E-state index in [1.165, 1.54) is 27.1 Å². The second-order valence-electron chi connectivity index (χ2n) is 10.3. The first-order chi connectivity index (χ1) is 20.3. The Morgan fingerprint density at radius 2 is 0.902 bits per heavy atom. The van der Waals surface area contributed by atoms with Gasteiger partial charge >= 0.3 is 0 Å². The third-order valence-corrected chi connectivity index (χ3v) is 7.82. The topological polar surface area (TPSA) is 38.9 Å². The van der Waals surface area contributed by atoms with Crippen LogP contribution in [0.25, 0.3) is 78.2 Å². The maximum Gasteiger partial charge on any atom is 0.249 e. The third kappa shape index (κ3) is 4.07. The summed E-state index contributed by atoms with van der Waals surface area (Å²) in [6, 6.07) is 46.5. The van der Waals surface area contributed by atoms with Crippen molar-refractivity contribution in [2.24, 2.45) is 0 Å². The summed E-state index contributed by atoms with van der Waals surface area (Å²) in [5.74, 6) is 1.03. The van der Waals surface area contributed by atoms with Crippen molar-refractivity contribution in [1.29, 1.82) is 0 Å². The fraction of sp³-hybridized carbons (Fsp3) is 0. The van der Waals surface area contributed by atoms with Crippen LogP contribution in [0, 0.1) is 0 Å². The lowest BCUT2D eigenvalue weighted by molar-refractivity contribution is 0.586. The van der Waals surface area contributed by atoms with Gasteiger partial charge in [0.05, 0.1) is 5.56 Å². The molecule has 8 rings (SSSR count). The van der Waals surface area contributed by atoms with E-state index in [2.05, 4.69) is 132 Å². The average molecular weight is 525 g/mol. The molecule has 0 saturated carbocycles. The zero-order valence-corrected chi connectivity index (χ0v) is 22.2. The van der Waals surface area contributed by atoms with Crippen molar-refractivity contribution < 1.29 is 4.42 Å². The maximum atomic E-state index is 6.30. The molecule has 1 aromatic heterocycles. The van der Waals surface area contributed by atoms with Crippen LogP contribution in [-0.4, -0.2) is 10.2 Å². The van der Waals surface area contributed by atoms with E-state index >= 15 is 0 Å². The smallest absolute Gasteiger partial charge is 0.249 e. The van der Waals surface area contributed by atoms with Crippen molar-refractivity contribution >= 4 is 55.2 Å². The van der Waals surface area contributed by atoms with E-state index in [1.807, 2.05) is 24.3 Å². The molecule has 0 aliphatic heterocycles. The molecule has 0 aliphatic carbocycles. The van der Waals surface area contributed by atoms with E-state index in [9.17, 15) is 0 Å². The Labute approximate surface area is 237 Å². The van der Waals surface area contributed by atoms with Crippen molar-refractivity contribution in [3.8, 4) is 22.9 Å². The molecule has 41 heavy (non-hydrogen) atoms. The van der Waals surface area contributed by atoms with Crippen molar-refractivity contribution in [2.45, 2.75) is 0 Å². The van der Waals surface area contributed by atoms with Gasteiger partial charge in [-0.1, -0.05) is 121 Å². The highest BCUT2D eigenvalue weighted by molar-refractivity contribution is 6.11. The Morgan fingerprint density at radius 3 is 1.46 bits per heavy atom. The minimum Gasteiger partial charge on any atom is -0.416 e. The minimum atomic E-state index is 0.507. The average Bonchev–Trinajstić information content (AvgIpc) is 3.52. The van der Waals surface area contributed by atoms with Gasteiger partial charge in [0.25, 0.3) is 0 Å². The quantitative estimate of drug-likeness (QED) is 0.170. The first-order valence-electron chi connectivity index (χ1n) is 13.8. The van der Waals surface area contributed by atoms with Gasteiger partial charge in [0, 0.05) is 5.56 Å². The Hall–Kier alpha value is -5.54. The summed E-state index contributed by atoms with van der Waals surface area (Å²) in [5, 5.41) is 18.4. The predicted octanol–water partition coefficient (Wildman–Crippen LogP) is 10.2. The number of nitrogens with zero attached hydrogens (tertiary/aromatic N) is 2. The monoisotopic (exact) mass is 524 g/mol. The molecule has 0 spiro atoms. The van der Waals surface area contributed by atoms with Gasteiger partial charge in [0.1, 0.15) is 0 Å². The summed E-state index contributed by atoms with van der Waals surface area (Å²) in [7, 11) is 0. The Morgan fingerprint density at radius 1 is 0.439 bits per heavy atom. The summed E-state index contributed by atoms with van der Waals surface area (Å²) in [4.78, 5) is 0. The molecule has 1 heterocycles. The molecule has 8 aromatic rings. The number of hydrogen-bond acceptors (Lipinski definition) is 3. The fourth-order valence-electron chi connectivity index (χ4n) is 5.83. The van der Waals surface area contributed by atoms with Crippen molar-refractivity contribution in [1.82, 2.24) is 10.2 Å². The lowest BCUT2D eigenvalue weighted by Gasteiger charge is -2.08. The van der Waals surface area contributed by atoms with E-state index in [0.717, 1.165) is 38.2 Å². The van der Waals surface area contributed by atoms with E-state index in [-0.39, 0.29) is 0 Å². The van der Waals surface area contributed by atoms with E-state index in [0.29, 0.717) is 11.8 Å². The van der Waals surface area contributed by atoms with Crippen molar-refractivity contribution in [3.63, 3.8) is 0 Å². The molecule has 3 nitrogen and oxygen atoms in total. The SMILES string of the molecule is C(=C\c1c2ccccc2cc2ccccc12)/c1ccc(-c2nnc(-c3c4ccccc4cc4ccccc34)o2)cc1. The maximum absolute atomic E-state index is 6.30. The van der Waals surface area contributed by atoms with Crippen molar-refractivity contribution in [3.05, 3.63) is 145 Å². The highest BCUT2D eigenvalue weighted by atomic mass is 16.4. The summed E-state index contributed by atoms with van der Waals surface area (Å²) in [6.45, 7) is 0. The minimum absolute atomic E-state index is 0.507. The molecule has 0 bridgehead atoms. The zero-order valence-electron chi connectivity index (χ0n) is 22.2. The van der Waals surface area contributed by atoms with Crippen molar-refractivity contribution in [2.75, 3.05) is 0 Å². The second-order valence-corrected chi connectivity index (χ2v) is 10.3. The Balaban J connectivity index is 1.15. The number of benzene rings is 7. The standard InChI is InChI=1S/C38H24N2O/c1-5-13-31-27(9-1)23-28-10-2-6-14-32(28)35(31)22-19-25-17-20-26(21-18-25)37-39-40-38(41-37)36-33-15-7-3-11-29(33)24-30-12-4-8-16-34(30)36/h1-24H/b22-19+. The molecule has 0 unspecified atom stereocenters. The highest BCUT2D eigenvalue weighted by Crippen LogP contribution is 2.37. The van der Waals surface area contributed by atoms with Gasteiger partial charge in [-0.25, -0.2) is 0 Å². The van der Waals surface area contributed by atoms with Crippen LogP contribution in [0.3, 0.4) is 0 Å². The van der Waals surface area contributed by atoms with Gasteiger partial charge in [-0.15, -0.1) is 10.2 Å². The third-order valence-electron chi connectivity index (χ3n) is 7.82. The summed E-state index contributed by atoms with van der Waals surface area (Å²) in [5.41, 5.74) is 4.19. The first kappa shape index (κ1) is 23.4. The van der Waals surface area contributed by atoms with Gasteiger partial charge in [-0.3, -0.25) is 0 Å². The van der Waals surface area contributed by atoms with E-state index < -0.39 is 0 Å². The second kappa shape index (κ2) is 9.58. The predicted molar refractivity (Wildman–Crippen MR) is 171 cm³/mol. The molecule has 0 radical (unpaired) electrons. The van der Waals surface area contributed by atoms with Gasteiger partial charge in [0.2, 0.25) is 11.8 Å². The van der Waals surface area contributed by atoms with Crippen LogP contribution in [0.5, 0.6) is 0 Å². The largest absolute Gasteiger partial charge is 0.416 e. The van der Waals surface area contributed by atoms with Gasteiger partial charge in [-0.05, 0) is 78.5 Å². The van der Waals surface area contributed by atoms with Crippen LogP contribution in [0.2, 0.25) is 0 Å². The van der Waals surface area contributed by atoms with Crippen LogP contribution in [-0.2, 0) is 0 Å². The van der Waals surface area contributed by atoms with Gasteiger partial charge < -0.3 is 4.42 Å². The van der Waals surface area contributed by atoms with E-state index in [1.54, 1.807) is 0 Å². The molecule has 3 heteroatoms. The molecular weight excluding hydrogens is 500 g/mol. The van der Waals surface area contributed by atoms with Gasteiger partial charge in [-0.2, -0.15) is 0 Å². The Kier molecular flexibility index (Phi) is 5.46. The fourth-order valence-corrected chi connectivity index (χ4v) is 5.83. The molecule has 0 saturated heterocycles. The summed E-state index contributed by atoms with van der Waals surface area (Å²) in [6.07, 6.45) is 4.38. The van der Waals surface area contributed by atoms with Crippen LogP contribution in [0.1, 0.15) is 11.1 Å². The van der Waals surface area contributed by atoms with Crippen LogP contribution in [0.15, 0.2) is 138 Å². The summed E-state index contributed by atoms with van der Waals surface area (Å²) >= 11 is 0. The number of fused-ring (bicyclic) bond motifs is 4. The van der Waals surface area contributed by atoms with Crippen LogP contribution in [0.4, 0.5) is 0 Å². The molecular formula is C38H24N2O. The number of hydrogen-bond donors (Lipinski definition) is 0. The van der Waals surface area contributed by atoms with Crippen LogP contribution < -0.4 is 0 Å². The molecule has 0 fully saturated rings. The highest BCUT2D eigenvalue weighted by Gasteiger charge is 2.16.